The third kappa shape index (κ3) is 1.90. The molecule has 0 fully saturated rings. The van der Waals surface area contributed by atoms with Gasteiger partial charge in [0.1, 0.15) is 0 Å². The Morgan fingerprint density at radius 1 is 1.28 bits per heavy atom. The first kappa shape index (κ1) is 11.9. The summed E-state index contributed by atoms with van der Waals surface area (Å²) in [4.78, 5) is 3.00. The van der Waals surface area contributed by atoms with Crippen molar-refractivity contribution in [3.05, 3.63) is 45.8 Å². The van der Waals surface area contributed by atoms with Gasteiger partial charge in [0.15, 0.2) is 0 Å². The Labute approximate surface area is 113 Å². The van der Waals surface area contributed by atoms with E-state index in [1.54, 1.807) is 4.88 Å². The van der Waals surface area contributed by atoms with Crippen LogP contribution in [0.1, 0.15) is 34.4 Å². The van der Waals surface area contributed by atoms with Gasteiger partial charge in [-0.1, -0.05) is 25.1 Å². The molecule has 1 N–H and O–H groups in total. The lowest BCUT2D eigenvalue weighted by atomic mass is 9.99. The zero-order valence-electron chi connectivity index (χ0n) is 11.2. The van der Waals surface area contributed by atoms with Gasteiger partial charge < -0.3 is 5.32 Å². The summed E-state index contributed by atoms with van der Waals surface area (Å²) in [5.41, 5.74) is 5.69. The summed E-state index contributed by atoms with van der Waals surface area (Å²) in [6.07, 6.45) is 0. The van der Waals surface area contributed by atoms with Crippen LogP contribution >= 0.6 is 11.3 Å². The van der Waals surface area contributed by atoms with E-state index < -0.39 is 0 Å². The standard InChI is InChI=1S/C16H19NS/c1-10-5-4-6-14(12(10)3)15-7-13-9-17-8-11(2)16(13)18-15/h4-7,11,17H,8-9H2,1-3H3. The summed E-state index contributed by atoms with van der Waals surface area (Å²) in [5, 5.41) is 3.49. The Balaban J connectivity index is 2.10. The first-order valence-corrected chi connectivity index (χ1v) is 7.38. The lowest BCUT2D eigenvalue weighted by molar-refractivity contribution is 0.581. The fraction of sp³-hybridized carbons (Fsp3) is 0.375. The van der Waals surface area contributed by atoms with Crippen LogP contribution in [0.4, 0.5) is 0 Å². The zero-order valence-corrected chi connectivity index (χ0v) is 12.0. The SMILES string of the molecule is Cc1cccc(-c2cc3c(s2)C(C)CNC3)c1C. The molecule has 0 amide bonds. The molecule has 1 atom stereocenters. The van der Waals surface area contributed by atoms with Gasteiger partial charge in [-0.15, -0.1) is 11.3 Å². The predicted octanol–water partition coefficient (Wildman–Crippen LogP) is 4.24. The second kappa shape index (κ2) is 4.52. The monoisotopic (exact) mass is 257 g/mol. The van der Waals surface area contributed by atoms with Gasteiger partial charge in [-0.25, -0.2) is 0 Å². The van der Waals surface area contributed by atoms with Crippen LogP contribution in [-0.4, -0.2) is 6.54 Å². The number of fused-ring (bicyclic) bond motifs is 1. The summed E-state index contributed by atoms with van der Waals surface area (Å²) in [6.45, 7) is 8.87. The minimum atomic E-state index is 0.651. The van der Waals surface area contributed by atoms with E-state index in [-0.39, 0.29) is 0 Å². The Morgan fingerprint density at radius 3 is 2.89 bits per heavy atom. The molecule has 2 heterocycles. The summed E-state index contributed by atoms with van der Waals surface area (Å²) in [5.74, 6) is 0.651. The van der Waals surface area contributed by atoms with Crippen LogP contribution in [-0.2, 0) is 6.54 Å². The molecule has 1 aromatic heterocycles. The summed E-state index contributed by atoms with van der Waals surface area (Å²) < 4.78 is 0. The molecular formula is C16H19NS. The first-order valence-electron chi connectivity index (χ1n) is 6.56. The summed E-state index contributed by atoms with van der Waals surface area (Å²) >= 11 is 1.98. The van der Waals surface area contributed by atoms with Crippen molar-refractivity contribution in [2.75, 3.05) is 6.54 Å². The molecule has 1 unspecified atom stereocenters. The molecule has 1 aliphatic rings. The van der Waals surface area contributed by atoms with E-state index in [1.165, 1.54) is 27.1 Å². The maximum atomic E-state index is 3.49. The molecule has 18 heavy (non-hydrogen) atoms. The smallest absolute Gasteiger partial charge is 0.0351 e. The highest BCUT2D eigenvalue weighted by atomic mass is 32.1. The number of hydrogen-bond acceptors (Lipinski definition) is 2. The molecule has 0 spiro atoms. The third-order valence-electron chi connectivity index (χ3n) is 3.93. The van der Waals surface area contributed by atoms with Gasteiger partial charge in [0.05, 0.1) is 0 Å². The maximum Gasteiger partial charge on any atom is 0.0351 e. The summed E-state index contributed by atoms with van der Waals surface area (Å²) in [7, 11) is 0. The maximum absolute atomic E-state index is 3.49. The van der Waals surface area contributed by atoms with Crippen LogP contribution in [0.15, 0.2) is 24.3 Å². The molecule has 0 aliphatic carbocycles. The number of aryl methyl sites for hydroxylation is 1. The van der Waals surface area contributed by atoms with Gasteiger partial charge in [0, 0.05) is 28.8 Å². The van der Waals surface area contributed by atoms with E-state index in [0.717, 1.165) is 13.1 Å². The number of rotatable bonds is 1. The highest BCUT2D eigenvalue weighted by molar-refractivity contribution is 7.15. The lowest BCUT2D eigenvalue weighted by Crippen LogP contribution is -2.24. The largest absolute Gasteiger partial charge is 0.312 e. The van der Waals surface area contributed by atoms with Crippen LogP contribution < -0.4 is 5.32 Å². The Morgan fingerprint density at radius 2 is 2.11 bits per heavy atom. The van der Waals surface area contributed by atoms with Gasteiger partial charge >= 0.3 is 0 Å². The van der Waals surface area contributed by atoms with Crippen molar-refractivity contribution in [2.45, 2.75) is 33.2 Å². The quantitative estimate of drug-likeness (QED) is 0.806. The third-order valence-corrected chi connectivity index (χ3v) is 5.37. The molecule has 94 valence electrons. The topological polar surface area (TPSA) is 12.0 Å². The van der Waals surface area contributed by atoms with Crippen LogP contribution in [0.25, 0.3) is 10.4 Å². The van der Waals surface area contributed by atoms with Crippen molar-refractivity contribution in [2.24, 2.45) is 0 Å². The summed E-state index contributed by atoms with van der Waals surface area (Å²) in [6, 6.07) is 8.98. The number of benzene rings is 1. The van der Waals surface area contributed by atoms with Crippen LogP contribution in [0.2, 0.25) is 0 Å². The van der Waals surface area contributed by atoms with Crippen molar-refractivity contribution in [1.82, 2.24) is 5.32 Å². The van der Waals surface area contributed by atoms with E-state index in [4.69, 9.17) is 0 Å². The molecule has 0 bridgehead atoms. The minimum Gasteiger partial charge on any atom is -0.312 e. The molecular weight excluding hydrogens is 238 g/mol. The van der Waals surface area contributed by atoms with Crippen molar-refractivity contribution in [1.29, 1.82) is 0 Å². The molecule has 0 saturated carbocycles. The van der Waals surface area contributed by atoms with Crippen molar-refractivity contribution < 1.29 is 0 Å². The zero-order chi connectivity index (χ0) is 12.7. The minimum absolute atomic E-state index is 0.651. The molecule has 0 saturated heterocycles. The van der Waals surface area contributed by atoms with Gasteiger partial charge in [0.2, 0.25) is 0 Å². The van der Waals surface area contributed by atoms with E-state index in [9.17, 15) is 0 Å². The molecule has 1 nitrogen and oxygen atoms in total. The van der Waals surface area contributed by atoms with Gasteiger partial charge in [-0.3, -0.25) is 0 Å². The van der Waals surface area contributed by atoms with Crippen molar-refractivity contribution >= 4 is 11.3 Å². The van der Waals surface area contributed by atoms with Crippen molar-refractivity contribution in [3.8, 4) is 10.4 Å². The number of hydrogen-bond donors (Lipinski definition) is 1. The fourth-order valence-electron chi connectivity index (χ4n) is 2.66. The van der Waals surface area contributed by atoms with E-state index >= 15 is 0 Å². The second-order valence-electron chi connectivity index (χ2n) is 5.28. The van der Waals surface area contributed by atoms with E-state index in [1.807, 2.05) is 11.3 Å². The lowest BCUT2D eigenvalue weighted by Gasteiger charge is -2.18. The first-order chi connectivity index (χ1) is 8.66. The predicted molar refractivity (Wildman–Crippen MR) is 79.4 cm³/mol. The second-order valence-corrected chi connectivity index (χ2v) is 6.36. The van der Waals surface area contributed by atoms with Crippen molar-refractivity contribution in [3.63, 3.8) is 0 Å². The average Bonchev–Trinajstić information content (AvgIpc) is 2.78. The van der Waals surface area contributed by atoms with E-state index in [0.29, 0.717) is 5.92 Å². The number of nitrogens with one attached hydrogen (secondary N) is 1. The molecule has 3 rings (SSSR count). The highest BCUT2D eigenvalue weighted by Gasteiger charge is 2.20. The molecule has 2 heteroatoms. The fourth-order valence-corrected chi connectivity index (χ4v) is 3.98. The van der Waals surface area contributed by atoms with Crippen LogP contribution in [0, 0.1) is 13.8 Å². The molecule has 1 aromatic carbocycles. The normalized spacial score (nSPS) is 18.7. The van der Waals surface area contributed by atoms with Crippen LogP contribution in [0.3, 0.4) is 0 Å². The molecule has 1 aliphatic heterocycles. The Bertz CT molecular complexity index is 583. The van der Waals surface area contributed by atoms with Crippen LogP contribution in [0.5, 0.6) is 0 Å². The Kier molecular flexibility index (Phi) is 3.00. The van der Waals surface area contributed by atoms with E-state index in [2.05, 4.69) is 50.4 Å². The van der Waals surface area contributed by atoms with Gasteiger partial charge in [-0.05, 0) is 42.2 Å². The average molecular weight is 257 g/mol. The highest BCUT2D eigenvalue weighted by Crippen LogP contribution is 2.38. The Hall–Kier alpha value is -1.12. The molecule has 0 radical (unpaired) electrons. The van der Waals surface area contributed by atoms with Gasteiger partial charge in [-0.2, -0.15) is 0 Å². The molecule has 2 aromatic rings. The number of thiophene rings is 1. The van der Waals surface area contributed by atoms with Gasteiger partial charge in [0.25, 0.3) is 0 Å².